The van der Waals surface area contributed by atoms with Gasteiger partial charge in [0.25, 0.3) is 11.8 Å². The van der Waals surface area contributed by atoms with E-state index >= 15 is 0 Å². The van der Waals surface area contributed by atoms with Gasteiger partial charge >= 0.3 is 0 Å². The Morgan fingerprint density at radius 1 is 1.07 bits per heavy atom. The molecule has 1 aliphatic carbocycles. The van der Waals surface area contributed by atoms with Crippen LogP contribution in [0.3, 0.4) is 0 Å². The summed E-state index contributed by atoms with van der Waals surface area (Å²) >= 11 is 1.61. The number of hydrogen-bond donors (Lipinski definition) is 0. The van der Waals surface area contributed by atoms with Crippen molar-refractivity contribution in [2.45, 2.75) is 31.8 Å². The zero-order valence-electron chi connectivity index (χ0n) is 16.3. The predicted octanol–water partition coefficient (Wildman–Crippen LogP) is 2.89. The van der Waals surface area contributed by atoms with Crippen molar-refractivity contribution < 1.29 is 19.1 Å². The molecule has 1 atom stereocenters. The summed E-state index contributed by atoms with van der Waals surface area (Å²) in [5, 5.41) is 0. The predicted molar refractivity (Wildman–Crippen MR) is 111 cm³/mol. The van der Waals surface area contributed by atoms with Gasteiger partial charge in [-0.1, -0.05) is 12.1 Å². The number of carbonyl (C=O) groups is 2. The summed E-state index contributed by atoms with van der Waals surface area (Å²) in [5.41, 5.74) is 2.04. The number of hydrogen-bond acceptors (Lipinski definition) is 5. The van der Waals surface area contributed by atoms with Gasteiger partial charge in [-0.3, -0.25) is 14.5 Å². The first kappa shape index (κ1) is 18.6. The Labute approximate surface area is 174 Å². The first-order chi connectivity index (χ1) is 14.2. The molecule has 29 heavy (non-hydrogen) atoms. The lowest BCUT2D eigenvalue weighted by Gasteiger charge is -2.37. The maximum absolute atomic E-state index is 13.5. The highest BCUT2D eigenvalue weighted by Crippen LogP contribution is 2.37. The van der Waals surface area contributed by atoms with Crippen molar-refractivity contribution in [3.8, 4) is 5.75 Å². The normalized spacial score (nSPS) is 21.2. The molecule has 0 radical (unpaired) electrons. The largest absolute Gasteiger partial charge is 0.476 e. The minimum atomic E-state index is -0.693. The van der Waals surface area contributed by atoms with Crippen molar-refractivity contribution in [1.29, 1.82) is 0 Å². The summed E-state index contributed by atoms with van der Waals surface area (Å²) in [6, 6.07) is 9.53. The fourth-order valence-corrected chi connectivity index (χ4v) is 5.47. The first-order valence-electron chi connectivity index (χ1n) is 10.3. The number of morpholine rings is 1. The molecule has 0 N–H and O–H groups in total. The van der Waals surface area contributed by atoms with Crippen molar-refractivity contribution in [3.63, 3.8) is 0 Å². The molecule has 1 aromatic carbocycles. The van der Waals surface area contributed by atoms with E-state index in [4.69, 9.17) is 9.47 Å². The van der Waals surface area contributed by atoms with Crippen LogP contribution in [0, 0.1) is 0 Å². The second-order valence-corrected chi connectivity index (χ2v) is 8.83. The maximum atomic E-state index is 13.5. The van der Waals surface area contributed by atoms with Gasteiger partial charge in [0.15, 0.2) is 6.10 Å². The van der Waals surface area contributed by atoms with E-state index < -0.39 is 6.10 Å². The summed E-state index contributed by atoms with van der Waals surface area (Å²) in [4.78, 5) is 32.1. The number of rotatable bonds is 2. The molecule has 0 saturated carbocycles. The van der Waals surface area contributed by atoms with Gasteiger partial charge in [0.2, 0.25) is 0 Å². The maximum Gasteiger partial charge on any atom is 0.268 e. The van der Waals surface area contributed by atoms with Gasteiger partial charge in [-0.15, -0.1) is 11.3 Å². The second-order valence-electron chi connectivity index (χ2n) is 7.69. The Morgan fingerprint density at radius 3 is 2.69 bits per heavy atom. The highest BCUT2D eigenvalue weighted by molar-refractivity contribution is 7.14. The monoisotopic (exact) mass is 412 g/mol. The van der Waals surface area contributed by atoms with Crippen molar-refractivity contribution >= 4 is 28.8 Å². The van der Waals surface area contributed by atoms with Gasteiger partial charge in [-0.25, -0.2) is 0 Å². The van der Waals surface area contributed by atoms with Gasteiger partial charge in [0.1, 0.15) is 5.75 Å². The van der Waals surface area contributed by atoms with E-state index in [1.165, 1.54) is 23.3 Å². The zero-order valence-corrected chi connectivity index (χ0v) is 17.1. The molecule has 7 heteroatoms. The molecule has 2 aromatic rings. The summed E-state index contributed by atoms with van der Waals surface area (Å²) < 4.78 is 11.4. The summed E-state index contributed by atoms with van der Waals surface area (Å²) in [6.07, 6.45) is 3.80. The van der Waals surface area contributed by atoms with Crippen molar-refractivity contribution in [1.82, 2.24) is 4.90 Å². The minimum Gasteiger partial charge on any atom is -0.476 e. The van der Waals surface area contributed by atoms with Crippen molar-refractivity contribution in [2.24, 2.45) is 0 Å². The van der Waals surface area contributed by atoms with Crippen LogP contribution >= 0.6 is 11.3 Å². The van der Waals surface area contributed by atoms with Gasteiger partial charge in [0, 0.05) is 18.0 Å². The van der Waals surface area contributed by atoms with Crippen molar-refractivity contribution in [3.05, 3.63) is 45.6 Å². The average molecular weight is 413 g/mol. The number of amides is 2. The molecule has 1 fully saturated rings. The van der Waals surface area contributed by atoms with E-state index in [0.29, 0.717) is 32.1 Å². The Kier molecular flexibility index (Phi) is 5.01. The molecule has 2 aliphatic heterocycles. The third-order valence-corrected chi connectivity index (χ3v) is 7.05. The number of carbonyl (C=O) groups excluding carboxylic acids is 2. The number of nitrogens with zero attached hydrogens (tertiary/aromatic N) is 2. The molecular formula is C22H24N2O4S. The highest BCUT2D eigenvalue weighted by atomic mass is 32.1. The van der Waals surface area contributed by atoms with Crippen LogP contribution in [0.2, 0.25) is 0 Å². The van der Waals surface area contributed by atoms with Crippen LogP contribution in [0.1, 0.15) is 33.0 Å². The van der Waals surface area contributed by atoms with Crippen LogP contribution in [0.5, 0.6) is 5.75 Å². The summed E-state index contributed by atoms with van der Waals surface area (Å²) in [6.45, 7) is 2.43. The summed E-state index contributed by atoms with van der Waals surface area (Å²) in [7, 11) is 0. The Hall–Kier alpha value is -2.38. The van der Waals surface area contributed by atoms with Gasteiger partial charge in [0.05, 0.1) is 30.3 Å². The number of para-hydroxylation sites is 2. The molecule has 0 bridgehead atoms. The Balaban J connectivity index is 1.43. The standard InChI is InChI=1S/C22H24N2O4S/c25-21(23-9-11-27-12-10-23)18-14-24(16-6-2-3-7-17(16)28-18)22(26)20-13-15-5-1-4-8-19(15)29-20/h2-3,6-7,13,18H,1,4-5,8-12,14H2. The topological polar surface area (TPSA) is 59.1 Å². The molecular weight excluding hydrogens is 388 g/mol. The second kappa shape index (κ2) is 7.80. The molecule has 5 rings (SSSR count). The lowest BCUT2D eigenvalue weighted by atomic mass is 9.99. The van der Waals surface area contributed by atoms with E-state index in [1.54, 1.807) is 21.1 Å². The minimum absolute atomic E-state index is 0.0417. The third kappa shape index (κ3) is 3.53. The van der Waals surface area contributed by atoms with Crippen LogP contribution in [0.4, 0.5) is 5.69 Å². The van der Waals surface area contributed by atoms with Crippen LogP contribution in [0.15, 0.2) is 30.3 Å². The Bertz CT molecular complexity index is 911. The fraction of sp³-hybridized carbons (Fsp3) is 0.455. The SMILES string of the molecule is O=C(C1CN(C(=O)c2cc3c(s2)CCCC3)c2ccccc2O1)N1CCOCC1. The number of thiophene rings is 1. The first-order valence-corrected chi connectivity index (χ1v) is 11.1. The average Bonchev–Trinajstić information content (AvgIpc) is 3.22. The quantitative estimate of drug-likeness (QED) is 0.761. The molecule has 1 aromatic heterocycles. The van der Waals surface area contributed by atoms with Gasteiger partial charge in [-0.05, 0) is 49.4 Å². The van der Waals surface area contributed by atoms with E-state index in [9.17, 15) is 9.59 Å². The van der Waals surface area contributed by atoms with Crippen molar-refractivity contribution in [2.75, 3.05) is 37.7 Å². The molecule has 2 amide bonds. The highest BCUT2D eigenvalue weighted by Gasteiger charge is 2.37. The van der Waals surface area contributed by atoms with E-state index in [1.807, 2.05) is 24.3 Å². The van der Waals surface area contributed by atoms with Crippen LogP contribution in [-0.2, 0) is 22.4 Å². The van der Waals surface area contributed by atoms with Crippen LogP contribution in [0.25, 0.3) is 0 Å². The molecule has 3 heterocycles. The molecule has 152 valence electrons. The van der Waals surface area contributed by atoms with Crippen LogP contribution < -0.4 is 9.64 Å². The van der Waals surface area contributed by atoms with E-state index in [-0.39, 0.29) is 18.4 Å². The summed E-state index contributed by atoms with van der Waals surface area (Å²) in [5.74, 6) is 0.464. The van der Waals surface area contributed by atoms with Gasteiger partial charge < -0.3 is 14.4 Å². The lowest BCUT2D eigenvalue weighted by Crippen LogP contribution is -2.54. The number of fused-ring (bicyclic) bond motifs is 2. The smallest absolute Gasteiger partial charge is 0.268 e. The third-order valence-electron chi connectivity index (χ3n) is 5.82. The number of aryl methyl sites for hydroxylation is 2. The molecule has 1 saturated heterocycles. The van der Waals surface area contributed by atoms with Gasteiger partial charge in [-0.2, -0.15) is 0 Å². The molecule has 1 unspecified atom stereocenters. The number of anilines is 1. The number of benzene rings is 1. The molecule has 6 nitrogen and oxygen atoms in total. The van der Waals surface area contributed by atoms with E-state index in [2.05, 4.69) is 6.07 Å². The van der Waals surface area contributed by atoms with Crippen LogP contribution in [-0.4, -0.2) is 55.7 Å². The number of ether oxygens (including phenoxy) is 2. The zero-order chi connectivity index (χ0) is 19.8. The Morgan fingerprint density at radius 2 is 1.86 bits per heavy atom. The lowest BCUT2D eigenvalue weighted by molar-refractivity contribution is -0.142. The van der Waals surface area contributed by atoms with E-state index in [0.717, 1.165) is 23.4 Å². The fourth-order valence-electron chi connectivity index (χ4n) is 4.27. The molecule has 0 spiro atoms. The molecule has 3 aliphatic rings.